The Labute approximate surface area is 165 Å². The van der Waals surface area contributed by atoms with Gasteiger partial charge in [0.2, 0.25) is 5.91 Å². The molecule has 0 radical (unpaired) electrons. The van der Waals surface area contributed by atoms with Gasteiger partial charge in [0.05, 0.1) is 5.56 Å². The smallest absolute Gasteiger partial charge is 0.319 e. The highest BCUT2D eigenvalue weighted by Crippen LogP contribution is 2.31. The van der Waals surface area contributed by atoms with E-state index in [0.29, 0.717) is 17.2 Å². The van der Waals surface area contributed by atoms with Crippen LogP contribution >= 0.6 is 0 Å². The standard InChI is InChI=1S/C20H18F2N6O/c1-11-26-14(10-28(11)20(21)22)6-5-13-8-25-18(23-2)16-9-24-17(7-15(13)16)27-19(29)12-3-4-12/h7-10,12,20H,3-4H2,1-2H3,(H,23,25)(H,24,27,29). The molecule has 0 atom stereocenters. The number of aryl methyl sites for hydroxylation is 1. The van der Waals surface area contributed by atoms with Crippen LogP contribution in [0.2, 0.25) is 0 Å². The quantitative estimate of drug-likeness (QED) is 0.661. The van der Waals surface area contributed by atoms with Crippen LogP contribution in [0.5, 0.6) is 0 Å². The zero-order valence-electron chi connectivity index (χ0n) is 15.8. The van der Waals surface area contributed by atoms with E-state index in [9.17, 15) is 13.6 Å². The lowest BCUT2D eigenvalue weighted by Gasteiger charge is -2.09. The maximum absolute atomic E-state index is 12.9. The van der Waals surface area contributed by atoms with Crippen LogP contribution in [-0.2, 0) is 4.79 Å². The van der Waals surface area contributed by atoms with E-state index in [1.54, 1.807) is 25.5 Å². The van der Waals surface area contributed by atoms with E-state index in [2.05, 4.69) is 37.4 Å². The molecule has 0 saturated heterocycles. The molecular weight excluding hydrogens is 378 g/mol. The van der Waals surface area contributed by atoms with Crippen LogP contribution in [0.1, 0.15) is 36.5 Å². The Hall–Kier alpha value is -3.54. The fourth-order valence-electron chi connectivity index (χ4n) is 2.95. The first-order valence-corrected chi connectivity index (χ1v) is 9.09. The molecule has 3 aromatic heterocycles. The van der Waals surface area contributed by atoms with Gasteiger partial charge in [-0.2, -0.15) is 8.78 Å². The van der Waals surface area contributed by atoms with Crippen LogP contribution in [0, 0.1) is 24.7 Å². The molecule has 4 rings (SSSR count). The fraction of sp³-hybridized carbons (Fsp3) is 0.300. The maximum Gasteiger partial charge on any atom is 0.319 e. The molecule has 1 fully saturated rings. The number of alkyl halides is 2. The second-order valence-corrected chi connectivity index (χ2v) is 6.76. The Morgan fingerprint density at radius 3 is 2.69 bits per heavy atom. The molecule has 7 nitrogen and oxygen atoms in total. The molecule has 148 valence electrons. The number of anilines is 2. The maximum atomic E-state index is 12.9. The van der Waals surface area contributed by atoms with Crippen molar-refractivity contribution in [2.24, 2.45) is 5.92 Å². The zero-order chi connectivity index (χ0) is 20.5. The van der Waals surface area contributed by atoms with Crippen molar-refractivity contribution in [3.63, 3.8) is 0 Å². The van der Waals surface area contributed by atoms with Gasteiger partial charge in [-0.05, 0) is 31.8 Å². The van der Waals surface area contributed by atoms with Gasteiger partial charge in [-0.3, -0.25) is 9.36 Å². The molecule has 2 N–H and O–H groups in total. The molecule has 9 heteroatoms. The van der Waals surface area contributed by atoms with Gasteiger partial charge in [0.25, 0.3) is 0 Å². The lowest BCUT2D eigenvalue weighted by atomic mass is 10.1. The number of rotatable bonds is 4. The number of nitrogens with zero attached hydrogens (tertiary/aromatic N) is 4. The predicted molar refractivity (Wildman–Crippen MR) is 105 cm³/mol. The number of nitrogens with one attached hydrogen (secondary N) is 2. The van der Waals surface area contributed by atoms with E-state index in [1.807, 2.05) is 0 Å². The normalized spacial score (nSPS) is 13.3. The summed E-state index contributed by atoms with van der Waals surface area (Å²) in [5.41, 5.74) is 0.817. The summed E-state index contributed by atoms with van der Waals surface area (Å²) < 4.78 is 26.6. The molecule has 3 aromatic rings. The average molecular weight is 396 g/mol. The number of halogens is 2. The van der Waals surface area contributed by atoms with Crippen LogP contribution < -0.4 is 10.6 Å². The molecular formula is C20H18F2N6O. The van der Waals surface area contributed by atoms with Crippen LogP contribution in [0.25, 0.3) is 10.8 Å². The number of hydrogen-bond donors (Lipinski definition) is 2. The van der Waals surface area contributed by atoms with Crippen LogP contribution in [0.4, 0.5) is 20.4 Å². The average Bonchev–Trinajstić information content (AvgIpc) is 3.48. The van der Waals surface area contributed by atoms with E-state index in [0.717, 1.165) is 28.2 Å². The topological polar surface area (TPSA) is 84.7 Å². The van der Waals surface area contributed by atoms with E-state index in [1.165, 1.54) is 13.1 Å². The number of aromatic nitrogens is 4. The minimum Gasteiger partial charge on any atom is -0.373 e. The van der Waals surface area contributed by atoms with Gasteiger partial charge in [0.15, 0.2) is 0 Å². The van der Waals surface area contributed by atoms with Gasteiger partial charge in [0.1, 0.15) is 23.2 Å². The molecule has 29 heavy (non-hydrogen) atoms. The highest BCUT2D eigenvalue weighted by molar-refractivity contribution is 5.99. The van der Waals surface area contributed by atoms with Gasteiger partial charge in [-0.25, -0.2) is 15.0 Å². The number of carbonyl (C=O) groups excluding carboxylic acids is 1. The summed E-state index contributed by atoms with van der Waals surface area (Å²) in [5, 5.41) is 7.29. The van der Waals surface area contributed by atoms with Crippen molar-refractivity contribution in [2.75, 3.05) is 17.7 Å². The number of hydrogen-bond acceptors (Lipinski definition) is 5. The first-order valence-electron chi connectivity index (χ1n) is 9.09. The predicted octanol–water partition coefficient (Wildman–Crippen LogP) is 3.32. The minimum absolute atomic E-state index is 0.0413. The molecule has 1 aliphatic carbocycles. The summed E-state index contributed by atoms with van der Waals surface area (Å²) in [5.74, 6) is 7.02. The monoisotopic (exact) mass is 396 g/mol. The van der Waals surface area contributed by atoms with Crippen molar-refractivity contribution in [3.05, 3.63) is 41.7 Å². The fourth-order valence-corrected chi connectivity index (χ4v) is 2.95. The first-order chi connectivity index (χ1) is 14.0. The third-order valence-corrected chi connectivity index (χ3v) is 4.66. The van der Waals surface area contributed by atoms with Crippen molar-refractivity contribution in [2.45, 2.75) is 26.3 Å². The third kappa shape index (κ3) is 3.87. The van der Waals surface area contributed by atoms with Gasteiger partial charge in [0, 0.05) is 42.3 Å². The number of amides is 1. The summed E-state index contributed by atoms with van der Waals surface area (Å²) >= 11 is 0. The van der Waals surface area contributed by atoms with Crippen molar-refractivity contribution < 1.29 is 13.6 Å². The molecule has 0 aliphatic heterocycles. The second kappa shape index (κ2) is 7.47. The van der Waals surface area contributed by atoms with Gasteiger partial charge in [-0.15, -0.1) is 0 Å². The minimum atomic E-state index is -2.67. The number of carbonyl (C=O) groups is 1. The Kier molecular flexibility index (Phi) is 4.84. The summed E-state index contributed by atoms with van der Waals surface area (Å²) in [4.78, 5) is 24.7. The highest BCUT2D eigenvalue weighted by Gasteiger charge is 2.29. The Balaban J connectivity index is 1.73. The largest absolute Gasteiger partial charge is 0.373 e. The van der Waals surface area contributed by atoms with Crippen molar-refractivity contribution >= 4 is 28.3 Å². The molecule has 1 amide bonds. The molecule has 0 unspecified atom stereocenters. The molecule has 1 saturated carbocycles. The van der Waals surface area contributed by atoms with Crippen LogP contribution in [0.15, 0.2) is 24.7 Å². The lowest BCUT2D eigenvalue weighted by molar-refractivity contribution is -0.117. The Morgan fingerprint density at radius 2 is 2.03 bits per heavy atom. The summed E-state index contributed by atoms with van der Waals surface area (Å²) in [6.07, 6.45) is 6.22. The van der Waals surface area contributed by atoms with Crippen LogP contribution in [-0.4, -0.2) is 32.5 Å². The number of fused-ring (bicyclic) bond motifs is 1. The number of pyridine rings is 2. The molecule has 0 aromatic carbocycles. The SMILES string of the molecule is CNc1ncc(C#Cc2cn(C(F)F)c(C)n2)c2cc(NC(=O)C3CC3)ncc12. The van der Waals surface area contributed by atoms with Crippen molar-refractivity contribution in [1.29, 1.82) is 0 Å². The third-order valence-electron chi connectivity index (χ3n) is 4.66. The van der Waals surface area contributed by atoms with E-state index in [-0.39, 0.29) is 23.3 Å². The Bertz CT molecular complexity index is 1160. The zero-order valence-corrected chi connectivity index (χ0v) is 15.8. The number of imidazole rings is 1. The van der Waals surface area contributed by atoms with Gasteiger partial charge >= 0.3 is 6.55 Å². The second-order valence-electron chi connectivity index (χ2n) is 6.76. The van der Waals surface area contributed by atoms with Crippen molar-refractivity contribution in [3.8, 4) is 11.8 Å². The first kappa shape index (κ1) is 18.8. The molecule has 1 aliphatic rings. The van der Waals surface area contributed by atoms with Gasteiger partial charge < -0.3 is 10.6 Å². The lowest BCUT2D eigenvalue weighted by Crippen LogP contribution is -2.14. The summed E-state index contributed by atoms with van der Waals surface area (Å²) in [7, 11) is 1.75. The van der Waals surface area contributed by atoms with E-state index in [4.69, 9.17) is 0 Å². The van der Waals surface area contributed by atoms with E-state index < -0.39 is 6.55 Å². The molecule has 0 bridgehead atoms. The van der Waals surface area contributed by atoms with Gasteiger partial charge in [-0.1, -0.05) is 5.92 Å². The van der Waals surface area contributed by atoms with Crippen molar-refractivity contribution in [1.82, 2.24) is 19.5 Å². The summed E-state index contributed by atoms with van der Waals surface area (Å²) in [6, 6.07) is 1.74. The molecule has 3 heterocycles. The van der Waals surface area contributed by atoms with Crippen LogP contribution in [0.3, 0.4) is 0 Å². The van der Waals surface area contributed by atoms with E-state index >= 15 is 0 Å². The summed E-state index contributed by atoms with van der Waals surface area (Å²) in [6.45, 7) is -1.17. The highest BCUT2D eigenvalue weighted by atomic mass is 19.3. The Morgan fingerprint density at radius 1 is 1.24 bits per heavy atom. The molecule has 0 spiro atoms.